The Labute approximate surface area is 168 Å². The summed E-state index contributed by atoms with van der Waals surface area (Å²) in [5, 5.41) is 2.99. The van der Waals surface area contributed by atoms with Gasteiger partial charge in [0.15, 0.2) is 5.82 Å². The second kappa shape index (κ2) is 7.68. The molecule has 3 rings (SSSR count). The second-order valence-corrected chi connectivity index (χ2v) is 8.92. The zero-order chi connectivity index (χ0) is 18.7. The van der Waals surface area contributed by atoms with Crippen LogP contribution < -0.4 is 10.0 Å². The van der Waals surface area contributed by atoms with Crippen LogP contribution >= 0.6 is 34.1 Å². The number of nitrogens with zero attached hydrogens (tertiary/aromatic N) is 2. The Balaban J connectivity index is 1.76. The number of hydrogen-bond donors (Lipinski definition) is 2. The molecule has 2 N–H and O–H groups in total. The van der Waals surface area contributed by atoms with Crippen LogP contribution in [0.5, 0.6) is 0 Å². The maximum atomic E-state index is 12.4. The van der Waals surface area contributed by atoms with Crippen LogP contribution in [0.15, 0.2) is 53.4 Å². The van der Waals surface area contributed by atoms with Crippen LogP contribution in [0, 0.1) is 3.57 Å². The van der Waals surface area contributed by atoms with Crippen molar-refractivity contribution in [2.75, 3.05) is 10.0 Å². The Kier molecular flexibility index (Phi) is 5.53. The van der Waals surface area contributed by atoms with Gasteiger partial charge in [0.1, 0.15) is 0 Å². The summed E-state index contributed by atoms with van der Waals surface area (Å²) in [4.78, 5) is 15.4. The van der Waals surface area contributed by atoms with Gasteiger partial charge in [-0.3, -0.25) is 9.52 Å². The highest BCUT2D eigenvalue weighted by molar-refractivity contribution is 14.1. The molecule has 0 fully saturated rings. The van der Waals surface area contributed by atoms with E-state index in [0.29, 0.717) is 16.6 Å². The number of amides is 1. The fourth-order valence-electron chi connectivity index (χ4n) is 2.06. The summed E-state index contributed by atoms with van der Waals surface area (Å²) in [5.41, 5.74) is 1.15. The normalized spacial score (nSPS) is 11.2. The van der Waals surface area contributed by atoms with E-state index in [1.807, 2.05) is 0 Å². The van der Waals surface area contributed by atoms with E-state index in [1.165, 1.54) is 6.92 Å². The molecule has 0 aliphatic heterocycles. The molecule has 7 nitrogen and oxygen atoms in total. The van der Waals surface area contributed by atoms with E-state index in [-0.39, 0.29) is 10.8 Å². The van der Waals surface area contributed by atoms with Gasteiger partial charge in [-0.2, -0.15) is 9.36 Å². The predicted octanol–water partition coefficient (Wildman–Crippen LogP) is 3.57. The van der Waals surface area contributed by atoms with Crippen LogP contribution in [0.2, 0.25) is 0 Å². The van der Waals surface area contributed by atoms with Crippen LogP contribution in [-0.2, 0) is 14.8 Å². The maximum absolute atomic E-state index is 12.4. The largest absolute Gasteiger partial charge is 0.301 e. The van der Waals surface area contributed by atoms with Crippen molar-refractivity contribution in [3.8, 4) is 11.4 Å². The van der Waals surface area contributed by atoms with Crippen molar-refractivity contribution < 1.29 is 13.2 Å². The Bertz CT molecular complexity index is 1030. The number of benzene rings is 2. The van der Waals surface area contributed by atoms with Gasteiger partial charge < -0.3 is 5.32 Å². The molecule has 0 saturated carbocycles. The average Bonchev–Trinajstić information content (AvgIpc) is 3.03. The molecule has 0 aliphatic rings. The maximum Gasteiger partial charge on any atom is 0.261 e. The van der Waals surface area contributed by atoms with Gasteiger partial charge in [0.25, 0.3) is 10.0 Å². The molecule has 26 heavy (non-hydrogen) atoms. The van der Waals surface area contributed by atoms with Crippen LogP contribution in [-0.4, -0.2) is 23.7 Å². The molecule has 2 aromatic carbocycles. The lowest BCUT2D eigenvalue weighted by molar-refractivity contribution is -0.114. The third kappa shape index (κ3) is 4.56. The topological polar surface area (TPSA) is 101 Å². The number of rotatable bonds is 5. The second-order valence-electron chi connectivity index (χ2n) is 5.24. The van der Waals surface area contributed by atoms with Gasteiger partial charge in [-0.25, -0.2) is 8.42 Å². The molecule has 0 saturated heterocycles. The highest BCUT2D eigenvalue weighted by Crippen LogP contribution is 2.24. The summed E-state index contributed by atoms with van der Waals surface area (Å²) in [5.74, 6) is 0.249. The first-order valence-electron chi connectivity index (χ1n) is 7.33. The van der Waals surface area contributed by atoms with E-state index in [4.69, 9.17) is 0 Å². The molecule has 0 aliphatic carbocycles. The van der Waals surface area contributed by atoms with Crippen LogP contribution in [0.3, 0.4) is 0 Å². The van der Waals surface area contributed by atoms with Crippen molar-refractivity contribution in [2.45, 2.75) is 11.8 Å². The highest BCUT2D eigenvalue weighted by Gasteiger charge is 2.14. The number of halogens is 1. The zero-order valence-corrected chi connectivity index (χ0v) is 17.2. The SMILES string of the molecule is CC(=O)Nc1nc(-c2ccc(NS(=O)(=O)c3ccc(I)cc3)cc2)ns1. The summed E-state index contributed by atoms with van der Waals surface area (Å²) in [6.45, 7) is 1.40. The lowest BCUT2D eigenvalue weighted by atomic mass is 10.2. The van der Waals surface area contributed by atoms with Crippen molar-refractivity contribution in [1.29, 1.82) is 0 Å². The van der Waals surface area contributed by atoms with Gasteiger partial charge in [-0.15, -0.1) is 0 Å². The molecule has 0 atom stereocenters. The van der Waals surface area contributed by atoms with E-state index in [0.717, 1.165) is 20.7 Å². The van der Waals surface area contributed by atoms with Gasteiger partial charge in [-0.05, 0) is 71.1 Å². The number of anilines is 2. The predicted molar refractivity (Wildman–Crippen MR) is 110 cm³/mol. The van der Waals surface area contributed by atoms with Crippen molar-refractivity contribution >= 4 is 60.9 Å². The number of hydrogen-bond acceptors (Lipinski definition) is 6. The molecule has 3 aromatic rings. The number of carbonyl (C=O) groups excluding carboxylic acids is 1. The number of aromatic nitrogens is 2. The minimum absolute atomic E-state index is 0.197. The lowest BCUT2D eigenvalue weighted by Gasteiger charge is -2.08. The van der Waals surface area contributed by atoms with Gasteiger partial charge in [0, 0.05) is 33.3 Å². The smallest absolute Gasteiger partial charge is 0.261 e. The summed E-state index contributed by atoms with van der Waals surface area (Å²) < 4.78 is 32.5. The number of nitrogens with one attached hydrogen (secondary N) is 2. The molecule has 134 valence electrons. The van der Waals surface area contributed by atoms with Crippen molar-refractivity contribution in [3.05, 3.63) is 52.1 Å². The fourth-order valence-corrected chi connectivity index (χ4v) is 4.11. The standard InChI is InChI=1S/C16H13IN4O3S2/c1-10(22)18-16-19-15(20-25-16)11-2-6-13(7-3-11)21-26(23,24)14-8-4-12(17)5-9-14/h2-9,21H,1H3,(H,18,19,20,22). The minimum atomic E-state index is -3.65. The van der Waals surface area contributed by atoms with Crippen LogP contribution in [0.25, 0.3) is 11.4 Å². The Morgan fingerprint density at radius 2 is 1.73 bits per heavy atom. The summed E-state index contributed by atoms with van der Waals surface area (Å²) in [6, 6.07) is 13.3. The quantitative estimate of drug-likeness (QED) is 0.522. The summed E-state index contributed by atoms with van der Waals surface area (Å²) >= 11 is 3.20. The van der Waals surface area contributed by atoms with Crippen LogP contribution in [0.4, 0.5) is 10.8 Å². The molecule has 0 radical (unpaired) electrons. The monoisotopic (exact) mass is 500 g/mol. The first-order valence-corrected chi connectivity index (χ1v) is 10.7. The van der Waals surface area contributed by atoms with Crippen molar-refractivity contribution in [2.24, 2.45) is 0 Å². The minimum Gasteiger partial charge on any atom is -0.301 e. The van der Waals surface area contributed by atoms with E-state index >= 15 is 0 Å². The third-order valence-electron chi connectivity index (χ3n) is 3.23. The molecule has 0 unspecified atom stereocenters. The van der Waals surface area contributed by atoms with E-state index in [1.54, 1.807) is 48.5 Å². The molecule has 10 heteroatoms. The molecule has 1 heterocycles. The van der Waals surface area contributed by atoms with Crippen molar-refractivity contribution in [1.82, 2.24) is 9.36 Å². The number of sulfonamides is 1. The van der Waals surface area contributed by atoms with Crippen molar-refractivity contribution in [3.63, 3.8) is 0 Å². The molecule has 0 bridgehead atoms. The molecular weight excluding hydrogens is 487 g/mol. The molecule has 1 amide bonds. The average molecular weight is 500 g/mol. The first-order chi connectivity index (χ1) is 12.3. The fraction of sp³-hybridized carbons (Fsp3) is 0.0625. The van der Waals surface area contributed by atoms with Gasteiger partial charge in [0.05, 0.1) is 4.90 Å². The van der Waals surface area contributed by atoms with Crippen LogP contribution in [0.1, 0.15) is 6.92 Å². The highest BCUT2D eigenvalue weighted by atomic mass is 127. The molecule has 0 spiro atoms. The van der Waals surface area contributed by atoms with E-state index in [9.17, 15) is 13.2 Å². The Hall–Kier alpha value is -2.05. The number of carbonyl (C=O) groups is 1. The van der Waals surface area contributed by atoms with E-state index in [2.05, 4.69) is 42.0 Å². The Morgan fingerprint density at radius 1 is 1.08 bits per heavy atom. The molecule has 1 aromatic heterocycles. The first kappa shape index (κ1) is 18.7. The van der Waals surface area contributed by atoms with Gasteiger partial charge in [-0.1, -0.05) is 0 Å². The van der Waals surface area contributed by atoms with Gasteiger partial charge in [0.2, 0.25) is 11.0 Å². The van der Waals surface area contributed by atoms with E-state index < -0.39 is 10.0 Å². The lowest BCUT2D eigenvalue weighted by Crippen LogP contribution is -2.12. The summed E-state index contributed by atoms with van der Waals surface area (Å²) in [6.07, 6.45) is 0. The third-order valence-corrected chi connectivity index (χ3v) is 5.98. The Morgan fingerprint density at radius 3 is 2.35 bits per heavy atom. The van der Waals surface area contributed by atoms with Gasteiger partial charge >= 0.3 is 0 Å². The summed E-state index contributed by atoms with van der Waals surface area (Å²) in [7, 11) is -3.65. The molecular formula is C16H13IN4O3S2. The zero-order valence-electron chi connectivity index (χ0n) is 13.4.